The molecular weight excluding hydrogens is 402 g/mol. The summed E-state index contributed by atoms with van der Waals surface area (Å²) in [6.45, 7) is 0. The number of nitro groups is 1. The summed E-state index contributed by atoms with van der Waals surface area (Å²) in [5.41, 5.74) is 1.12. The minimum atomic E-state index is -0.500. The van der Waals surface area contributed by atoms with Gasteiger partial charge in [-0.15, -0.1) is 0 Å². The summed E-state index contributed by atoms with van der Waals surface area (Å²) in [5, 5.41) is 10.9. The number of ether oxygens (including phenoxy) is 4. The Labute approximate surface area is 181 Å². The molecule has 0 saturated heterocycles. The van der Waals surface area contributed by atoms with Crippen molar-refractivity contribution in [2.24, 2.45) is 0 Å². The average molecular weight is 429 g/mol. The number of benzene rings is 2. The van der Waals surface area contributed by atoms with Crippen molar-refractivity contribution >= 4 is 11.7 Å². The van der Waals surface area contributed by atoms with Crippen molar-refractivity contribution in [3.05, 3.63) is 57.6 Å². The van der Waals surface area contributed by atoms with Crippen molar-refractivity contribution < 1.29 is 28.7 Å². The molecule has 1 aliphatic carbocycles. The standard InChI is InChI=1S/C23H27NO7/c1-28-20-14-13-18(21(29-2)22(20)30-3)17-7-5-4-6-8-19(17)31-23(25)15-9-11-16(12-10-15)24(26)27/h9-14,17,19H,4-8H2,1-3H3/t17-,19-/m0/s1. The van der Waals surface area contributed by atoms with E-state index in [9.17, 15) is 14.9 Å². The maximum atomic E-state index is 12.8. The zero-order valence-corrected chi connectivity index (χ0v) is 18.0. The zero-order chi connectivity index (χ0) is 22.4. The number of non-ortho nitro benzene ring substituents is 1. The smallest absolute Gasteiger partial charge is 0.338 e. The molecule has 8 heteroatoms. The molecule has 1 aliphatic rings. The normalized spacial score (nSPS) is 18.5. The second kappa shape index (κ2) is 10.1. The first-order chi connectivity index (χ1) is 15.0. The van der Waals surface area contributed by atoms with Gasteiger partial charge in [-0.3, -0.25) is 10.1 Å². The highest BCUT2D eigenvalue weighted by atomic mass is 16.6. The Morgan fingerprint density at radius 3 is 2.19 bits per heavy atom. The first-order valence-corrected chi connectivity index (χ1v) is 10.2. The number of carbonyl (C=O) groups excluding carboxylic acids is 1. The molecule has 2 atom stereocenters. The van der Waals surface area contributed by atoms with Crippen LogP contribution in [0, 0.1) is 10.1 Å². The Morgan fingerprint density at radius 1 is 0.903 bits per heavy atom. The van der Waals surface area contributed by atoms with E-state index in [1.54, 1.807) is 21.3 Å². The minimum Gasteiger partial charge on any atom is -0.493 e. The Balaban J connectivity index is 1.90. The van der Waals surface area contributed by atoms with Gasteiger partial charge in [-0.05, 0) is 37.5 Å². The number of methoxy groups -OCH3 is 3. The van der Waals surface area contributed by atoms with Crippen molar-refractivity contribution in [3.8, 4) is 17.2 Å². The van der Waals surface area contributed by atoms with E-state index >= 15 is 0 Å². The Morgan fingerprint density at radius 2 is 1.58 bits per heavy atom. The first kappa shape index (κ1) is 22.4. The molecule has 1 fully saturated rings. The van der Waals surface area contributed by atoms with Gasteiger partial charge in [0.15, 0.2) is 11.5 Å². The number of esters is 1. The van der Waals surface area contributed by atoms with Gasteiger partial charge in [0.05, 0.1) is 31.8 Å². The van der Waals surface area contributed by atoms with E-state index in [1.807, 2.05) is 12.1 Å². The van der Waals surface area contributed by atoms with Gasteiger partial charge >= 0.3 is 5.97 Å². The Hall–Kier alpha value is -3.29. The van der Waals surface area contributed by atoms with Crippen molar-refractivity contribution in [3.63, 3.8) is 0 Å². The lowest BCUT2D eigenvalue weighted by atomic mass is 9.88. The van der Waals surface area contributed by atoms with E-state index < -0.39 is 10.9 Å². The third-order valence-corrected chi connectivity index (χ3v) is 5.66. The third-order valence-electron chi connectivity index (χ3n) is 5.66. The summed E-state index contributed by atoms with van der Waals surface area (Å²) in [6.07, 6.45) is 4.22. The molecule has 166 valence electrons. The topological polar surface area (TPSA) is 97.1 Å². The van der Waals surface area contributed by atoms with Gasteiger partial charge in [0.25, 0.3) is 5.69 Å². The molecule has 0 heterocycles. The number of hydrogen-bond acceptors (Lipinski definition) is 7. The number of hydrogen-bond donors (Lipinski definition) is 0. The number of nitrogens with zero attached hydrogens (tertiary/aromatic N) is 1. The van der Waals surface area contributed by atoms with Crippen LogP contribution in [0.3, 0.4) is 0 Å². The van der Waals surface area contributed by atoms with Gasteiger partial charge in [0.2, 0.25) is 5.75 Å². The van der Waals surface area contributed by atoms with Crippen molar-refractivity contribution in [1.82, 2.24) is 0 Å². The van der Waals surface area contributed by atoms with E-state index in [4.69, 9.17) is 18.9 Å². The van der Waals surface area contributed by atoms with Crippen molar-refractivity contribution in [1.29, 1.82) is 0 Å². The molecule has 1 saturated carbocycles. The minimum absolute atomic E-state index is 0.0701. The molecule has 0 aliphatic heterocycles. The molecule has 0 aromatic heterocycles. The fourth-order valence-corrected chi connectivity index (χ4v) is 4.11. The van der Waals surface area contributed by atoms with E-state index in [1.165, 1.54) is 24.3 Å². The molecular formula is C23H27NO7. The lowest BCUT2D eigenvalue weighted by Crippen LogP contribution is -2.25. The van der Waals surface area contributed by atoms with E-state index in [0.29, 0.717) is 17.2 Å². The molecule has 2 aromatic rings. The lowest BCUT2D eigenvalue weighted by Gasteiger charge is -2.28. The molecule has 0 radical (unpaired) electrons. The first-order valence-electron chi connectivity index (χ1n) is 10.2. The highest BCUT2D eigenvalue weighted by Gasteiger charge is 2.32. The van der Waals surface area contributed by atoms with E-state index in [2.05, 4.69) is 0 Å². The van der Waals surface area contributed by atoms with Gasteiger partial charge in [0.1, 0.15) is 6.10 Å². The summed E-state index contributed by atoms with van der Waals surface area (Å²) < 4.78 is 22.5. The summed E-state index contributed by atoms with van der Waals surface area (Å²) in [4.78, 5) is 23.1. The van der Waals surface area contributed by atoms with Crippen LogP contribution < -0.4 is 14.2 Å². The van der Waals surface area contributed by atoms with Crippen LogP contribution >= 0.6 is 0 Å². The fourth-order valence-electron chi connectivity index (χ4n) is 4.11. The Bertz CT molecular complexity index is 926. The Kier molecular flexibility index (Phi) is 7.33. The lowest BCUT2D eigenvalue weighted by molar-refractivity contribution is -0.384. The maximum Gasteiger partial charge on any atom is 0.338 e. The molecule has 31 heavy (non-hydrogen) atoms. The molecule has 8 nitrogen and oxygen atoms in total. The highest BCUT2D eigenvalue weighted by Crippen LogP contribution is 2.46. The van der Waals surface area contributed by atoms with Crippen LogP contribution in [-0.4, -0.2) is 38.3 Å². The molecule has 0 spiro atoms. The number of nitro benzene ring substituents is 1. The predicted octanol–water partition coefficient (Wildman–Crippen LogP) is 4.89. The van der Waals surface area contributed by atoms with Crippen LogP contribution in [0.15, 0.2) is 36.4 Å². The SMILES string of the molecule is COc1ccc([C@@H]2CCCCC[C@@H]2OC(=O)c2ccc([N+](=O)[O-])cc2)c(OC)c1OC. The van der Waals surface area contributed by atoms with Crippen molar-refractivity contribution in [2.75, 3.05) is 21.3 Å². The fraction of sp³-hybridized carbons (Fsp3) is 0.435. The summed E-state index contributed by atoms with van der Waals surface area (Å²) in [7, 11) is 4.70. The predicted molar refractivity (Wildman–Crippen MR) is 114 cm³/mol. The second-order valence-electron chi connectivity index (χ2n) is 7.42. The summed E-state index contributed by atoms with van der Waals surface area (Å²) in [6, 6.07) is 9.21. The van der Waals surface area contributed by atoms with Gasteiger partial charge in [-0.1, -0.05) is 18.9 Å². The highest BCUT2D eigenvalue weighted by molar-refractivity contribution is 5.89. The average Bonchev–Trinajstić information content (AvgIpc) is 3.03. The van der Waals surface area contributed by atoms with E-state index in [-0.39, 0.29) is 23.3 Å². The van der Waals surface area contributed by atoms with Crippen LogP contribution in [0.5, 0.6) is 17.2 Å². The second-order valence-corrected chi connectivity index (χ2v) is 7.42. The van der Waals surface area contributed by atoms with Gasteiger partial charge < -0.3 is 18.9 Å². The molecule has 3 rings (SSSR count). The number of rotatable bonds is 7. The van der Waals surface area contributed by atoms with Crippen LogP contribution in [-0.2, 0) is 4.74 Å². The van der Waals surface area contributed by atoms with E-state index in [0.717, 1.165) is 37.7 Å². The van der Waals surface area contributed by atoms with Crippen LogP contribution in [0.25, 0.3) is 0 Å². The molecule has 0 N–H and O–H groups in total. The quantitative estimate of drug-likeness (QED) is 0.267. The molecule has 0 amide bonds. The zero-order valence-electron chi connectivity index (χ0n) is 18.0. The van der Waals surface area contributed by atoms with Crippen LogP contribution in [0.2, 0.25) is 0 Å². The molecule has 2 aromatic carbocycles. The van der Waals surface area contributed by atoms with Crippen LogP contribution in [0.4, 0.5) is 5.69 Å². The molecule has 0 bridgehead atoms. The monoisotopic (exact) mass is 429 g/mol. The summed E-state index contributed by atoms with van der Waals surface area (Å²) in [5.74, 6) is 1.08. The number of carbonyl (C=O) groups is 1. The maximum absolute atomic E-state index is 12.8. The molecule has 0 unspecified atom stereocenters. The van der Waals surface area contributed by atoms with Gasteiger partial charge in [-0.2, -0.15) is 0 Å². The van der Waals surface area contributed by atoms with Gasteiger partial charge in [0, 0.05) is 23.6 Å². The van der Waals surface area contributed by atoms with Gasteiger partial charge in [-0.25, -0.2) is 4.79 Å². The van der Waals surface area contributed by atoms with Crippen molar-refractivity contribution in [2.45, 2.75) is 44.1 Å². The van der Waals surface area contributed by atoms with Crippen LogP contribution in [0.1, 0.15) is 53.9 Å². The third kappa shape index (κ3) is 4.90. The largest absolute Gasteiger partial charge is 0.493 e. The summed E-state index contributed by atoms with van der Waals surface area (Å²) >= 11 is 0.